The van der Waals surface area contributed by atoms with Gasteiger partial charge in [-0.1, -0.05) is 18.5 Å². The fourth-order valence-electron chi connectivity index (χ4n) is 1.45. The van der Waals surface area contributed by atoms with E-state index in [0.29, 0.717) is 11.6 Å². The first-order valence-corrected chi connectivity index (χ1v) is 8.29. The van der Waals surface area contributed by atoms with Crippen LogP contribution in [-0.4, -0.2) is 26.8 Å². The Hall–Kier alpha value is -1.60. The number of amides is 2. The van der Waals surface area contributed by atoms with Crippen molar-refractivity contribution in [3.8, 4) is 0 Å². The van der Waals surface area contributed by atoms with Crippen LogP contribution in [0.3, 0.4) is 0 Å². The fourth-order valence-corrected chi connectivity index (χ4v) is 2.59. The molecular formula is C13H17ClN2O4S. The maximum atomic E-state index is 11.9. The minimum atomic E-state index is -3.93. The SMILES string of the molecule is CCCNC(=O)CCC(=O)NS(=O)(=O)c1ccc(Cl)cc1. The second-order valence-corrected chi connectivity index (χ2v) is 6.45. The highest BCUT2D eigenvalue weighted by atomic mass is 35.5. The molecule has 2 amide bonds. The molecule has 1 rings (SSSR count). The first-order chi connectivity index (χ1) is 9.85. The Labute approximate surface area is 128 Å². The molecule has 0 saturated heterocycles. The Morgan fingerprint density at radius 1 is 1.10 bits per heavy atom. The minimum Gasteiger partial charge on any atom is -0.356 e. The molecule has 8 heteroatoms. The molecule has 6 nitrogen and oxygen atoms in total. The van der Waals surface area contributed by atoms with Crippen LogP contribution in [0.15, 0.2) is 29.2 Å². The van der Waals surface area contributed by atoms with Crippen molar-refractivity contribution in [2.24, 2.45) is 0 Å². The predicted octanol–water partition coefficient (Wildman–Crippen LogP) is 1.45. The zero-order valence-corrected chi connectivity index (χ0v) is 13.1. The Bertz CT molecular complexity index is 599. The lowest BCUT2D eigenvalue weighted by molar-refractivity contribution is -0.125. The third-order valence-corrected chi connectivity index (χ3v) is 4.16. The normalized spacial score (nSPS) is 11.0. The van der Waals surface area contributed by atoms with E-state index in [9.17, 15) is 18.0 Å². The van der Waals surface area contributed by atoms with Gasteiger partial charge in [0.1, 0.15) is 0 Å². The van der Waals surface area contributed by atoms with E-state index in [4.69, 9.17) is 11.6 Å². The molecule has 0 aliphatic heterocycles. The van der Waals surface area contributed by atoms with Crippen molar-refractivity contribution in [3.63, 3.8) is 0 Å². The van der Waals surface area contributed by atoms with Gasteiger partial charge in [-0.2, -0.15) is 0 Å². The van der Waals surface area contributed by atoms with Crippen molar-refractivity contribution in [2.45, 2.75) is 31.1 Å². The van der Waals surface area contributed by atoms with Crippen molar-refractivity contribution < 1.29 is 18.0 Å². The average molecular weight is 333 g/mol. The van der Waals surface area contributed by atoms with Crippen molar-refractivity contribution >= 4 is 33.4 Å². The second-order valence-electron chi connectivity index (χ2n) is 4.33. The summed E-state index contributed by atoms with van der Waals surface area (Å²) < 4.78 is 25.7. The lowest BCUT2D eigenvalue weighted by atomic mass is 10.3. The van der Waals surface area contributed by atoms with E-state index in [2.05, 4.69) is 5.32 Å². The Balaban J connectivity index is 2.53. The summed E-state index contributed by atoms with van der Waals surface area (Å²) in [6, 6.07) is 5.43. The van der Waals surface area contributed by atoms with Crippen molar-refractivity contribution in [1.82, 2.24) is 10.0 Å². The van der Waals surface area contributed by atoms with Crippen molar-refractivity contribution in [3.05, 3.63) is 29.3 Å². The van der Waals surface area contributed by atoms with Crippen LogP contribution < -0.4 is 10.0 Å². The Kier molecular flexibility index (Phi) is 6.64. The zero-order valence-electron chi connectivity index (χ0n) is 11.6. The highest BCUT2D eigenvalue weighted by molar-refractivity contribution is 7.90. The monoisotopic (exact) mass is 332 g/mol. The maximum Gasteiger partial charge on any atom is 0.264 e. The number of carbonyl (C=O) groups excluding carboxylic acids is 2. The van der Waals surface area contributed by atoms with Gasteiger partial charge in [0.2, 0.25) is 11.8 Å². The van der Waals surface area contributed by atoms with E-state index in [1.54, 1.807) is 0 Å². The number of sulfonamides is 1. The largest absolute Gasteiger partial charge is 0.356 e. The molecule has 1 aromatic rings. The van der Waals surface area contributed by atoms with Crippen LogP contribution in [0.1, 0.15) is 26.2 Å². The van der Waals surface area contributed by atoms with E-state index in [-0.39, 0.29) is 23.6 Å². The molecule has 0 unspecified atom stereocenters. The topological polar surface area (TPSA) is 92.3 Å². The van der Waals surface area contributed by atoms with Gasteiger partial charge in [-0.05, 0) is 30.7 Å². The van der Waals surface area contributed by atoms with Crippen LogP contribution in [0, 0.1) is 0 Å². The Morgan fingerprint density at radius 2 is 1.67 bits per heavy atom. The molecule has 2 N–H and O–H groups in total. The van der Waals surface area contributed by atoms with Crippen LogP contribution in [0.25, 0.3) is 0 Å². The summed E-state index contributed by atoms with van der Waals surface area (Å²) in [4.78, 5) is 22.8. The minimum absolute atomic E-state index is 0.0536. The van der Waals surface area contributed by atoms with Gasteiger partial charge in [0.05, 0.1) is 4.90 Å². The van der Waals surface area contributed by atoms with Gasteiger partial charge in [0.15, 0.2) is 0 Å². The van der Waals surface area contributed by atoms with Crippen LogP contribution in [0.5, 0.6) is 0 Å². The van der Waals surface area contributed by atoms with E-state index >= 15 is 0 Å². The van der Waals surface area contributed by atoms with Gasteiger partial charge < -0.3 is 5.32 Å². The molecule has 1 aromatic carbocycles. The molecule has 21 heavy (non-hydrogen) atoms. The van der Waals surface area contributed by atoms with E-state index in [1.807, 2.05) is 11.6 Å². The van der Waals surface area contributed by atoms with Gasteiger partial charge in [0, 0.05) is 24.4 Å². The van der Waals surface area contributed by atoms with E-state index < -0.39 is 15.9 Å². The predicted molar refractivity (Wildman–Crippen MR) is 79.3 cm³/mol. The van der Waals surface area contributed by atoms with Crippen LogP contribution in [-0.2, 0) is 19.6 Å². The first kappa shape index (κ1) is 17.5. The second kappa shape index (κ2) is 7.99. The zero-order chi connectivity index (χ0) is 15.9. The fraction of sp³-hybridized carbons (Fsp3) is 0.385. The van der Waals surface area contributed by atoms with Gasteiger partial charge >= 0.3 is 0 Å². The molecule has 0 aromatic heterocycles. The van der Waals surface area contributed by atoms with Crippen molar-refractivity contribution in [1.29, 1.82) is 0 Å². The average Bonchev–Trinajstić information content (AvgIpc) is 2.43. The molecule has 0 fully saturated rings. The highest BCUT2D eigenvalue weighted by Crippen LogP contribution is 2.13. The van der Waals surface area contributed by atoms with Crippen LogP contribution in [0.4, 0.5) is 0 Å². The standard InChI is InChI=1S/C13H17ClN2O4S/c1-2-9-15-12(17)7-8-13(18)16-21(19,20)11-5-3-10(14)4-6-11/h3-6H,2,7-9H2,1H3,(H,15,17)(H,16,18). The summed E-state index contributed by atoms with van der Waals surface area (Å²) in [6.45, 7) is 2.44. The molecule has 116 valence electrons. The molecule has 0 heterocycles. The number of halogens is 1. The summed E-state index contributed by atoms with van der Waals surface area (Å²) in [5, 5.41) is 3.00. The summed E-state index contributed by atoms with van der Waals surface area (Å²) in [7, 11) is -3.93. The molecule has 0 aliphatic carbocycles. The summed E-state index contributed by atoms with van der Waals surface area (Å²) in [5.41, 5.74) is 0. The molecule has 0 atom stereocenters. The lowest BCUT2D eigenvalue weighted by Gasteiger charge is -2.07. The van der Waals surface area contributed by atoms with Gasteiger partial charge in [-0.15, -0.1) is 0 Å². The number of rotatable bonds is 7. The van der Waals surface area contributed by atoms with Gasteiger partial charge in [-0.3, -0.25) is 9.59 Å². The molecule has 0 saturated carbocycles. The number of carbonyl (C=O) groups is 2. The van der Waals surface area contributed by atoms with Crippen molar-refractivity contribution in [2.75, 3.05) is 6.54 Å². The molecule has 0 spiro atoms. The number of hydrogen-bond acceptors (Lipinski definition) is 4. The maximum absolute atomic E-state index is 11.9. The van der Waals surface area contributed by atoms with E-state index in [0.717, 1.165) is 6.42 Å². The van der Waals surface area contributed by atoms with Crippen LogP contribution >= 0.6 is 11.6 Å². The van der Waals surface area contributed by atoms with E-state index in [1.165, 1.54) is 24.3 Å². The smallest absolute Gasteiger partial charge is 0.264 e. The van der Waals surface area contributed by atoms with Gasteiger partial charge in [-0.25, -0.2) is 13.1 Å². The summed E-state index contributed by atoms with van der Waals surface area (Å²) >= 11 is 5.67. The van der Waals surface area contributed by atoms with Gasteiger partial charge in [0.25, 0.3) is 10.0 Å². The molecular weight excluding hydrogens is 316 g/mol. The third kappa shape index (κ3) is 6.14. The Morgan fingerprint density at radius 3 is 2.24 bits per heavy atom. The summed E-state index contributed by atoms with van der Waals surface area (Å²) in [6.07, 6.45) is 0.549. The molecule has 0 radical (unpaired) electrons. The highest BCUT2D eigenvalue weighted by Gasteiger charge is 2.17. The summed E-state index contributed by atoms with van der Waals surface area (Å²) in [5.74, 6) is -1.01. The molecule has 0 bridgehead atoms. The number of hydrogen-bond donors (Lipinski definition) is 2. The lowest BCUT2D eigenvalue weighted by Crippen LogP contribution is -2.32. The third-order valence-electron chi connectivity index (χ3n) is 2.52. The van der Waals surface area contributed by atoms with Crippen LogP contribution in [0.2, 0.25) is 5.02 Å². The number of benzene rings is 1. The quantitative estimate of drug-likeness (QED) is 0.790. The first-order valence-electron chi connectivity index (χ1n) is 6.43. The molecule has 0 aliphatic rings. The number of nitrogens with one attached hydrogen (secondary N) is 2.